The number of rotatable bonds is 3. The van der Waals surface area contributed by atoms with Crippen molar-refractivity contribution < 1.29 is 4.79 Å². The largest absolute Gasteiger partial charge is 0.295 e. The van der Waals surface area contributed by atoms with Gasteiger partial charge in [-0.05, 0) is 31.3 Å². The average molecular weight is 166 g/mol. The zero-order chi connectivity index (χ0) is 9.14. The molecule has 0 aliphatic heterocycles. The van der Waals surface area contributed by atoms with E-state index in [1.54, 1.807) is 0 Å². The number of carbonyl (C=O) groups excluding carboxylic acids is 1. The number of carbonyl (C=O) groups is 1. The first kappa shape index (κ1) is 9.50. The first-order valence-corrected chi connectivity index (χ1v) is 4.89. The molecule has 1 nitrogen and oxygen atoms in total. The summed E-state index contributed by atoms with van der Waals surface area (Å²) in [5, 5.41) is 0. The summed E-state index contributed by atoms with van der Waals surface area (Å²) in [4.78, 5) is 11.4. The second-order valence-corrected chi connectivity index (χ2v) is 3.81. The van der Waals surface area contributed by atoms with Gasteiger partial charge in [0.05, 0.1) is 0 Å². The topological polar surface area (TPSA) is 17.1 Å². The van der Waals surface area contributed by atoms with Crippen molar-refractivity contribution in [2.45, 2.75) is 46.5 Å². The maximum atomic E-state index is 11.4. The zero-order valence-corrected chi connectivity index (χ0v) is 8.31. The van der Waals surface area contributed by atoms with Gasteiger partial charge in [-0.15, -0.1) is 0 Å². The molecule has 0 aromatic heterocycles. The summed E-state index contributed by atoms with van der Waals surface area (Å²) in [6.07, 6.45) is 4.08. The summed E-state index contributed by atoms with van der Waals surface area (Å²) in [7, 11) is 0. The predicted octanol–water partition coefficient (Wildman–Crippen LogP) is 3.10. The molecule has 1 unspecified atom stereocenters. The van der Waals surface area contributed by atoms with Crippen molar-refractivity contribution in [3.63, 3.8) is 0 Å². The molecule has 0 saturated heterocycles. The number of Topliss-reactive ketones (excluding diaryl/α,β-unsaturated/α-hetero) is 1. The molecule has 0 aromatic carbocycles. The van der Waals surface area contributed by atoms with Gasteiger partial charge in [0.1, 0.15) is 0 Å². The van der Waals surface area contributed by atoms with Crippen LogP contribution in [0.4, 0.5) is 0 Å². The van der Waals surface area contributed by atoms with Crippen molar-refractivity contribution in [2.24, 2.45) is 5.92 Å². The van der Waals surface area contributed by atoms with Crippen molar-refractivity contribution in [2.75, 3.05) is 0 Å². The third-order valence-electron chi connectivity index (χ3n) is 2.70. The molecule has 1 atom stereocenters. The lowest BCUT2D eigenvalue weighted by molar-refractivity contribution is -0.115. The number of hydrogen-bond acceptors (Lipinski definition) is 1. The van der Waals surface area contributed by atoms with E-state index in [1.165, 1.54) is 12.0 Å². The normalized spacial score (nSPS) is 20.4. The van der Waals surface area contributed by atoms with Gasteiger partial charge in [0.2, 0.25) is 0 Å². The molecule has 0 radical (unpaired) electrons. The van der Waals surface area contributed by atoms with Crippen LogP contribution >= 0.6 is 0 Å². The summed E-state index contributed by atoms with van der Waals surface area (Å²) < 4.78 is 0. The quantitative estimate of drug-likeness (QED) is 0.629. The van der Waals surface area contributed by atoms with E-state index >= 15 is 0 Å². The van der Waals surface area contributed by atoms with Crippen molar-refractivity contribution in [3.8, 4) is 0 Å². The monoisotopic (exact) mass is 166 g/mol. The molecule has 12 heavy (non-hydrogen) atoms. The molecule has 0 aromatic rings. The Labute approximate surface area is 74.9 Å². The zero-order valence-electron chi connectivity index (χ0n) is 8.31. The highest BCUT2D eigenvalue weighted by atomic mass is 16.1. The van der Waals surface area contributed by atoms with Crippen LogP contribution in [0.3, 0.4) is 0 Å². The van der Waals surface area contributed by atoms with Gasteiger partial charge in [0.15, 0.2) is 5.78 Å². The molecule has 1 rings (SSSR count). The smallest absolute Gasteiger partial charge is 0.159 e. The van der Waals surface area contributed by atoms with Gasteiger partial charge in [-0.2, -0.15) is 0 Å². The van der Waals surface area contributed by atoms with Crippen LogP contribution in [-0.4, -0.2) is 5.78 Å². The maximum Gasteiger partial charge on any atom is 0.159 e. The van der Waals surface area contributed by atoms with Gasteiger partial charge < -0.3 is 0 Å². The van der Waals surface area contributed by atoms with Crippen LogP contribution in [0.5, 0.6) is 0 Å². The minimum Gasteiger partial charge on any atom is -0.295 e. The van der Waals surface area contributed by atoms with Crippen LogP contribution in [0.25, 0.3) is 0 Å². The third-order valence-corrected chi connectivity index (χ3v) is 2.70. The van der Waals surface area contributed by atoms with Crippen LogP contribution in [0.2, 0.25) is 0 Å². The van der Waals surface area contributed by atoms with Gasteiger partial charge in [0.25, 0.3) is 0 Å². The first-order valence-electron chi connectivity index (χ1n) is 4.89. The predicted molar refractivity (Wildman–Crippen MR) is 51.0 cm³/mol. The van der Waals surface area contributed by atoms with E-state index in [0.717, 1.165) is 24.8 Å². The summed E-state index contributed by atoms with van der Waals surface area (Å²) in [6.45, 7) is 6.45. The van der Waals surface area contributed by atoms with Crippen LogP contribution < -0.4 is 0 Å². The lowest BCUT2D eigenvalue weighted by atomic mass is 9.93. The van der Waals surface area contributed by atoms with Crippen LogP contribution in [0, 0.1) is 5.92 Å². The van der Waals surface area contributed by atoms with E-state index in [0.29, 0.717) is 11.7 Å². The Kier molecular flexibility index (Phi) is 3.07. The molecule has 0 N–H and O–H groups in total. The van der Waals surface area contributed by atoms with Gasteiger partial charge in [-0.1, -0.05) is 25.8 Å². The molecule has 0 bridgehead atoms. The van der Waals surface area contributed by atoms with Crippen molar-refractivity contribution in [3.05, 3.63) is 11.1 Å². The Morgan fingerprint density at radius 2 is 2.08 bits per heavy atom. The number of allylic oxidation sites excluding steroid dienone is 2. The van der Waals surface area contributed by atoms with E-state index in [9.17, 15) is 4.79 Å². The summed E-state index contributed by atoms with van der Waals surface area (Å²) in [6, 6.07) is 0. The van der Waals surface area contributed by atoms with Crippen molar-refractivity contribution in [1.82, 2.24) is 0 Å². The molecule has 68 valence electrons. The third kappa shape index (κ3) is 1.77. The van der Waals surface area contributed by atoms with Crippen LogP contribution in [-0.2, 0) is 4.79 Å². The standard InChI is InChI=1S/C11H18O/c1-4-5-8(2)11-9(3)6-7-10(11)12/h8H,4-7H2,1-3H3. The summed E-state index contributed by atoms with van der Waals surface area (Å²) >= 11 is 0. The second-order valence-electron chi connectivity index (χ2n) is 3.81. The van der Waals surface area contributed by atoms with Gasteiger partial charge in [0, 0.05) is 6.42 Å². The van der Waals surface area contributed by atoms with Crippen LogP contribution in [0.15, 0.2) is 11.1 Å². The number of ketones is 1. The molecular weight excluding hydrogens is 148 g/mol. The fourth-order valence-electron chi connectivity index (χ4n) is 2.08. The lowest BCUT2D eigenvalue weighted by Gasteiger charge is -2.11. The highest BCUT2D eigenvalue weighted by molar-refractivity contribution is 5.98. The summed E-state index contributed by atoms with van der Waals surface area (Å²) in [5.41, 5.74) is 2.47. The van der Waals surface area contributed by atoms with Crippen LogP contribution in [0.1, 0.15) is 46.5 Å². The summed E-state index contributed by atoms with van der Waals surface area (Å²) in [5.74, 6) is 0.887. The fourth-order valence-corrected chi connectivity index (χ4v) is 2.08. The van der Waals surface area contributed by atoms with E-state index in [4.69, 9.17) is 0 Å². The Bertz CT molecular complexity index is 213. The molecule has 0 amide bonds. The molecular formula is C11H18O. The second kappa shape index (κ2) is 3.88. The van der Waals surface area contributed by atoms with Crippen molar-refractivity contribution in [1.29, 1.82) is 0 Å². The van der Waals surface area contributed by atoms with E-state index in [2.05, 4.69) is 20.8 Å². The Morgan fingerprint density at radius 3 is 2.50 bits per heavy atom. The Balaban J connectivity index is 2.71. The van der Waals surface area contributed by atoms with E-state index in [-0.39, 0.29) is 0 Å². The minimum atomic E-state index is 0.397. The van der Waals surface area contributed by atoms with Gasteiger partial charge in [-0.25, -0.2) is 0 Å². The lowest BCUT2D eigenvalue weighted by Crippen LogP contribution is -2.06. The van der Waals surface area contributed by atoms with Gasteiger partial charge >= 0.3 is 0 Å². The molecule has 0 fully saturated rings. The maximum absolute atomic E-state index is 11.4. The highest BCUT2D eigenvalue weighted by Crippen LogP contribution is 2.30. The van der Waals surface area contributed by atoms with Gasteiger partial charge in [-0.3, -0.25) is 4.79 Å². The van der Waals surface area contributed by atoms with E-state index in [1.807, 2.05) is 0 Å². The first-order chi connectivity index (χ1) is 5.66. The van der Waals surface area contributed by atoms with Crippen molar-refractivity contribution >= 4 is 5.78 Å². The number of hydrogen-bond donors (Lipinski definition) is 0. The average Bonchev–Trinajstić information content (AvgIpc) is 2.32. The molecule has 1 heteroatoms. The molecule has 0 saturated carbocycles. The molecule has 0 spiro atoms. The molecule has 0 heterocycles. The van der Waals surface area contributed by atoms with E-state index < -0.39 is 0 Å². The molecule has 1 aliphatic carbocycles. The highest BCUT2D eigenvalue weighted by Gasteiger charge is 2.23. The SMILES string of the molecule is CCCC(C)C1=C(C)CCC1=O. The Morgan fingerprint density at radius 1 is 1.42 bits per heavy atom. The fraction of sp³-hybridized carbons (Fsp3) is 0.727. The molecule has 1 aliphatic rings. The minimum absolute atomic E-state index is 0.397. The Hall–Kier alpha value is -0.590.